The van der Waals surface area contributed by atoms with Crippen LogP contribution >= 0.6 is 0 Å². The molecule has 2 aliphatic heterocycles. The lowest BCUT2D eigenvalue weighted by atomic mass is 9.76. The zero-order valence-electron chi connectivity index (χ0n) is 17.8. The van der Waals surface area contributed by atoms with Gasteiger partial charge in [-0.15, -0.1) is 0 Å². The maximum atomic E-state index is 12.8. The average Bonchev–Trinajstić information content (AvgIpc) is 3.59. The number of carbonyl (C=O) groups is 2. The average molecular weight is 420 g/mol. The van der Waals surface area contributed by atoms with Gasteiger partial charge in [-0.1, -0.05) is 18.2 Å². The smallest absolute Gasteiger partial charge is 0.225 e. The molecule has 5 rings (SSSR count). The van der Waals surface area contributed by atoms with E-state index < -0.39 is 0 Å². The molecule has 1 saturated heterocycles. The van der Waals surface area contributed by atoms with Crippen LogP contribution in [0.1, 0.15) is 56.4 Å². The standard InChI is InChI=1S/C25H29N3O3/c29-23(27-20-4-3-11-26-17-20)15-19-16-25(31-22-6-2-1-5-21(19)22)9-12-28(13-10-25)24(30)14-18-7-8-18/h1-6,11,17-19H,7-10,12-16H2,(H,27,29). The summed E-state index contributed by atoms with van der Waals surface area (Å²) in [4.78, 5) is 31.4. The highest BCUT2D eigenvalue weighted by Gasteiger charge is 2.44. The number of aromatic nitrogens is 1. The van der Waals surface area contributed by atoms with Gasteiger partial charge in [0.2, 0.25) is 11.8 Å². The van der Waals surface area contributed by atoms with Crippen LogP contribution in [-0.2, 0) is 9.59 Å². The van der Waals surface area contributed by atoms with Gasteiger partial charge >= 0.3 is 0 Å². The molecule has 31 heavy (non-hydrogen) atoms. The molecule has 3 aliphatic rings. The van der Waals surface area contributed by atoms with Crippen LogP contribution in [0.3, 0.4) is 0 Å². The van der Waals surface area contributed by atoms with Crippen LogP contribution in [0, 0.1) is 5.92 Å². The predicted octanol–water partition coefficient (Wildman–Crippen LogP) is 4.14. The fourth-order valence-electron chi connectivity index (χ4n) is 4.97. The minimum absolute atomic E-state index is 0.0121. The lowest BCUT2D eigenvalue weighted by Crippen LogP contribution is -2.52. The molecule has 1 unspecified atom stereocenters. The van der Waals surface area contributed by atoms with Gasteiger partial charge in [0.05, 0.1) is 11.9 Å². The molecule has 0 radical (unpaired) electrons. The first-order chi connectivity index (χ1) is 15.1. The zero-order valence-corrected chi connectivity index (χ0v) is 17.8. The number of piperidine rings is 1. The Hall–Kier alpha value is -2.89. The van der Waals surface area contributed by atoms with E-state index in [2.05, 4.69) is 16.4 Å². The van der Waals surface area contributed by atoms with Gasteiger partial charge in [0, 0.05) is 50.9 Å². The molecule has 1 saturated carbocycles. The second kappa shape index (κ2) is 8.33. The molecule has 2 amide bonds. The fourth-order valence-corrected chi connectivity index (χ4v) is 4.97. The SMILES string of the molecule is O=C(CC1CC2(CCN(C(=O)CC3CC3)CC2)Oc2ccccc21)Nc1cccnc1. The Morgan fingerprint density at radius 3 is 2.65 bits per heavy atom. The molecular weight excluding hydrogens is 390 g/mol. The van der Waals surface area contributed by atoms with Crippen molar-refractivity contribution in [2.45, 2.75) is 56.5 Å². The Kier molecular flexibility index (Phi) is 5.38. The molecule has 6 heteroatoms. The van der Waals surface area contributed by atoms with Crippen molar-refractivity contribution < 1.29 is 14.3 Å². The number of ether oxygens (including phenoxy) is 1. The summed E-state index contributed by atoms with van der Waals surface area (Å²) in [7, 11) is 0. The van der Waals surface area contributed by atoms with E-state index in [4.69, 9.17) is 4.74 Å². The number of nitrogens with zero attached hydrogens (tertiary/aromatic N) is 2. The van der Waals surface area contributed by atoms with E-state index in [1.165, 1.54) is 12.8 Å². The summed E-state index contributed by atoms with van der Waals surface area (Å²) < 4.78 is 6.53. The largest absolute Gasteiger partial charge is 0.487 e. The summed E-state index contributed by atoms with van der Waals surface area (Å²) in [5, 5.41) is 2.96. The van der Waals surface area contributed by atoms with Crippen molar-refractivity contribution >= 4 is 17.5 Å². The highest BCUT2D eigenvalue weighted by molar-refractivity contribution is 5.91. The Balaban J connectivity index is 1.28. The number of nitrogens with one attached hydrogen (secondary N) is 1. The second-order valence-corrected chi connectivity index (χ2v) is 9.25. The molecule has 1 atom stereocenters. The summed E-state index contributed by atoms with van der Waals surface area (Å²) in [6.45, 7) is 1.48. The minimum atomic E-state index is -0.302. The van der Waals surface area contributed by atoms with E-state index in [1.54, 1.807) is 12.4 Å². The number of likely N-dealkylation sites (tertiary alicyclic amines) is 1. The van der Waals surface area contributed by atoms with Gasteiger partial charge in [0.1, 0.15) is 11.4 Å². The Morgan fingerprint density at radius 1 is 1.10 bits per heavy atom. The highest BCUT2D eigenvalue weighted by atomic mass is 16.5. The lowest BCUT2D eigenvalue weighted by molar-refractivity contribution is -0.135. The number of anilines is 1. The van der Waals surface area contributed by atoms with E-state index in [9.17, 15) is 9.59 Å². The Morgan fingerprint density at radius 2 is 1.90 bits per heavy atom. The highest BCUT2D eigenvalue weighted by Crippen LogP contribution is 2.46. The van der Waals surface area contributed by atoms with Crippen LogP contribution in [0.25, 0.3) is 0 Å². The monoisotopic (exact) mass is 419 g/mol. The van der Waals surface area contributed by atoms with E-state index in [0.717, 1.165) is 43.7 Å². The number of hydrogen-bond acceptors (Lipinski definition) is 4. The van der Waals surface area contributed by atoms with E-state index in [0.29, 0.717) is 30.4 Å². The molecular formula is C25H29N3O3. The summed E-state index contributed by atoms with van der Waals surface area (Å²) in [5.41, 5.74) is 1.51. The molecule has 1 aromatic heterocycles. The van der Waals surface area contributed by atoms with Crippen molar-refractivity contribution in [1.82, 2.24) is 9.88 Å². The molecule has 6 nitrogen and oxygen atoms in total. The Bertz CT molecular complexity index is 949. The van der Waals surface area contributed by atoms with Crippen molar-refractivity contribution in [2.24, 2.45) is 5.92 Å². The number of carbonyl (C=O) groups excluding carboxylic acids is 2. The summed E-state index contributed by atoms with van der Waals surface area (Å²) in [5.74, 6) is 1.87. The number of rotatable bonds is 5. The van der Waals surface area contributed by atoms with Crippen molar-refractivity contribution in [3.63, 3.8) is 0 Å². The third-order valence-electron chi connectivity index (χ3n) is 6.87. The first-order valence-corrected chi connectivity index (χ1v) is 11.4. The summed E-state index contributed by atoms with van der Waals surface area (Å²) >= 11 is 0. The van der Waals surface area contributed by atoms with Crippen LogP contribution in [-0.4, -0.2) is 40.4 Å². The first-order valence-electron chi connectivity index (χ1n) is 11.4. The lowest BCUT2D eigenvalue weighted by Gasteiger charge is -2.47. The molecule has 2 aromatic rings. The maximum Gasteiger partial charge on any atom is 0.225 e. The quantitative estimate of drug-likeness (QED) is 0.791. The molecule has 0 bridgehead atoms. The van der Waals surface area contributed by atoms with Gasteiger partial charge in [-0.25, -0.2) is 0 Å². The summed E-state index contributed by atoms with van der Waals surface area (Å²) in [6, 6.07) is 11.7. The molecule has 2 fully saturated rings. The third-order valence-corrected chi connectivity index (χ3v) is 6.87. The Labute approximate surface area is 183 Å². The van der Waals surface area contributed by atoms with Crippen LogP contribution in [0.5, 0.6) is 5.75 Å². The van der Waals surface area contributed by atoms with Gasteiger partial charge < -0.3 is 15.0 Å². The number of para-hydroxylation sites is 1. The number of pyridine rings is 1. The normalized spacial score (nSPS) is 21.8. The van der Waals surface area contributed by atoms with E-state index >= 15 is 0 Å². The number of hydrogen-bond donors (Lipinski definition) is 1. The van der Waals surface area contributed by atoms with Crippen LogP contribution in [0.2, 0.25) is 0 Å². The van der Waals surface area contributed by atoms with Crippen LogP contribution in [0.4, 0.5) is 5.69 Å². The van der Waals surface area contributed by atoms with Crippen molar-refractivity contribution in [3.05, 3.63) is 54.4 Å². The minimum Gasteiger partial charge on any atom is -0.487 e. The number of benzene rings is 1. The number of amides is 2. The van der Waals surface area contributed by atoms with Gasteiger partial charge in [-0.05, 0) is 48.9 Å². The predicted molar refractivity (Wildman–Crippen MR) is 118 cm³/mol. The molecule has 3 heterocycles. The third kappa shape index (κ3) is 4.58. The fraction of sp³-hybridized carbons (Fsp3) is 0.480. The van der Waals surface area contributed by atoms with Crippen molar-refractivity contribution in [1.29, 1.82) is 0 Å². The van der Waals surface area contributed by atoms with E-state index in [-0.39, 0.29) is 17.4 Å². The second-order valence-electron chi connectivity index (χ2n) is 9.25. The van der Waals surface area contributed by atoms with Gasteiger partial charge in [0.25, 0.3) is 0 Å². The maximum absolute atomic E-state index is 12.8. The molecule has 1 spiro atoms. The topological polar surface area (TPSA) is 71.5 Å². The van der Waals surface area contributed by atoms with Crippen molar-refractivity contribution in [3.8, 4) is 5.75 Å². The van der Waals surface area contributed by atoms with Crippen molar-refractivity contribution in [2.75, 3.05) is 18.4 Å². The van der Waals surface area contributed by atoms with Crippen LogP contribution < -0.4 is 10.1 Å². The zero-order chi connectivity index (χ0) is 21.3. The van der Waals surface area contributed by atoms with E-state index in [1.807, 2.05) is 35.2 Å². The van der Waals surface area contributed by atoms with Gasteiger partial charge in [0.15, 0.2) is 0 Å². The summed E-state index contributed by atoms with van der Waals surface area (Å²) in [6.07, 6.45) is 9.29. The molecule has 162 valence electrons. The molecule has 1 N–H and O–H groups in total. The first kappa shape index (κ1) is 20.0. The number of fused-ring (bicyclic) bond motifs is 1. The van der Waals surface area contributed by atoms with Crippen LogP contribution in [0.15, 0.2) is 48.8 Å². The molecule has 1 aliphatic carbocycles. The molecule has 1 aromatic carbocycles. The van der Waals surface area contributed by atoms with Gasteiger partial charge in [-0.2, -0.15) is 0 Å². The van der Waals surface area contributed by atoms with Gasteiger partial charge in [-0.3, -0.25) is 14.6 Å².